The molecule has 0 unspecified atom stereocenters. The summed E-state index contributed by atoms with van der Waals surface area (Å²) in [5.41, 5.74) is 1.51. The summed E-state index contributed by atoms with van der Waals surface area (Å²) in [7, 11) is 1.73. The van der Waals surface area contributed by atoms with Gasteiger partial charge in [0.2, 0.25) is 0 Å². The van der Waals surface area contributed by atoms with Gasteiger partial charge >= 0.3 is 0 Å². The quantitative estimate of drug-likeness (QED) is 0.501. The molecule has 3 aromatic rings. The minimum absolute atomic E-state index is 0.0917. The zero-order valence-corrected chi connectivity index (χ0v) is 15.7. The van der Waals surface area contributed by atoms with Gasteiger partial charge in [-0.05, 0) is 24.1 Å². The summed E-state index contributed by atoms with van der Waals surface area (Å²) in [6.45, 7) is 1.02. The van der Waals surface area contributed by atoms with Crippen molar-refractivity contribution < 1.29 is 13.9 Å². The number of benzene rings is 1. The number of thioether (sulfide) groups is 1. The van der Waals surface area contributed by atoms with E-state index in [4.69, 9.17) is 9.47 Å². The number of thiophene rings is 1. The van der Waals surface area contributed by atoms with E-state index in [9.17, 15) is 9.18 Å². The molecule has 136 valence electrons. The predicted molar refractivity (Wildman–Crippen MR) is 101 cm³/mol. The molecule has 0 N–H and O–H groups in total. The number of hydrogen-bond donors (Lipinski definition) is 0. The lowest BCUT2D eigenvalue weighted by Gasteiger charge is -2.22. The van der Waals surface area contributed by atoms with Gasteiger partial charge in [-0.1, -0.05) is 23.9 Å². The molecule has 0 radical (unpaired) electrons. The Kier molecular flexibility index (Phi) is 5.08. The lowest BCUT2D eigenvalue weighted by Crippen LogP contribution is -2.26. The molecular formula is C18H17FN2O3S2. The molecule has 8 heteroatoms. The zero-order chi connectivity index (χ0) is 18.1. The van der Waals surface area contributed by atoms with Crippen molar-refractivity contribution in [2.45, 2.75) is 17.7 Å². The summed E-state index contributed by atoms with van der Waals surface area (Å²) >= 11 is 2.95. The van der Waals surface area contributed by atoms with Gasteiger partial charge in [-0.15, -0.1) is 11.3 Å². The Morgan fingerprint density at radius 3 is 2.92 bits per heavy atom. The van der Waals surface area contributed by atoms with Crippen LogP contribution in [-0.2, 0) is 16.5 Å². The van der Waals surface area contributed by atoms with Gasteiger partial charge in [0.1, 0.15) is 17.4 Å². The largest absolute Gasteiger partial charge is 0.355 e. The summed E-state index contributed by atoms with van der Waals surface area (Å²) < 4.78 is 25.5. The van der Waals surface area contributed by atoms with Gasteiger partial charge in [0, 0.05) is 23.7 Å². The first-order valence-electron chi connectivity index (χ1n) is 8.20. The smallest absolute Gasteiger partial charge is 0.263 e. The number of fused-ring (bicyclic) bond motifs is 1. The van der Waals surface area contributed by atoms with Gasteiger partial charge in [-0.2, -0.15) is 0 Å². The molecule has 2 aromatic heterocycles. The van der Waals surface area contributed by atoms with Gasteiger partial charge in [0.15, 0.2) is 5.16 Å². The average Bonchev–Trinajstić information content (AvgIpc) is 3.09. The van der Waals surface area contributed by atoms with Crippen molar-refractivity contribution in [2.75, 3.05) is 19.2 Å². The van der Waals surface area contributed by atoms with Crippen LogP contribution in [0, 0.1) is 5.82 Å². The molecule has 3 heterocycles. The van der Waals surface area contributed by atoms with E-state index in [0.717, 1.165) is 23.3 Å². The van der Waals surface area contributed by atoms with Crippen LogP contribution < -0.4 is 5.56 Å². The molecular weight excluding hydrogens is 375 g/mol. The highest BCUT2D eigenvalue weighted by Gasteiger charge is 2.19. The highest BCUT2D eigenvalue weighted by molar-refractivity contribution is 7.99. The molecule has 1 atom stereocenters. The molecule has 1 aliphatic rings. The molecule has 26 heavy (non-hydrogen) atoms. The maximum Gasteiger partial charge on any atom is 0.263 e. The van der Waals surface area contributed by atoms with Crippen molar-refractivity contribution in [3.8, 4) is 11.1 Å². The molecule has 5 nitrogen and oxygen atoms in total. The van der Waals surface area contributed by atoms with E-state index >= 15 is 0 Å². The Bertz CT molecular complexity index is 979. The van der Waals surface area contributed by atoms with Crippen LogP contribution in [0.5, 0.6) is 0 Å². The second-order valence-corrected chi connectivity index (χ2v) is 7.85. The fourth-order valence-corrected chi connectivity index (χ4v) is 4.85. The number of nitrogens with zero attached hydrogens (tertiary/aromatic N) is 2. The van der Waals surface area contributed by atoms with E-state index in [1.165, 1.54) is 35.2 Å². The second-order valence-electron chi connectivity index (χ2n) is 6.01. The van der Waals surface area contributed by atoms with E-state index in [2.05, 4.69) is 4.98 Å². The van der Waals surface area contributed by atoms with E-state index in [0.29, 0.717) is 28.8 Å². The van der Waals surface area contributed by atoms with Gasteiger partial charge in [0.25, 0.3) is 5.56 Å². The van der Waals surface area contributed by atoms with E-state index < -0.39 is 0 Å². The summed E-state index contributed by atoms with van der Waals surface area (Å²) in [5, 5.41) is 3.16. The minimum Gasteiger partial charge on any atom is -0.355 e. The van der Waals surface area contributed by atoms with Crippen molar-refractivity contribution in [2.24, 2.45) is 7.05 Å². The second kappa shape index (κ2) is 7.48. The fourth-order valence-electron chi connectivity index (χ4n) is 2.82. The number of hydrogen-bond acceptors (Lipinski definition) is 6. The predicted octanol–water partition coefficient (Wildman–Crippen LogP) is 3.66. The van der Waals surface area contributed by atoms with Crippen LogP contribution in [0.3, 0.4) is 0 Å². The van der Waals surface area contributed by atoms with Crippen LogP contribution >= 0.6 is 23.1 Å². The number of ether oxygens (including phenoxy) is 2. The molecule has 1 aromatic carbocycles. The lowest BCUT2D eigenvalue weighted by atomic mass is 10.1. The van der Waals surface area contributed by atoms with Gasteiger partial charge < -0.3 is 9.47 Å². The summed E-state index contributed by atoms with van der Waals surface area (Å²) in [6.07, 6.45) is 0.955. The van der Waals surface area contributed by atoms with Crippen molar-refractivity contribution >= 4 is 33.3 Å². The highest BCUT2D eigenvalue weighted by Crippen LogP contribution is 2.32. The molecule has 0 spiro atoms. The van der Waals surface area contributed by atoms with E-state index in [-0.39, 0.29) is 17.5 Å². The molecule has 1 saturated heterocycles. The first-order chi connectivity index (χ1) is 12.6. The highest BCUT2D eigenvalue weighted by atomic mass is 32.2. The Morgan fingerprint density at radius 2 is 2.19 bits per heavy atom. The first-order valence-corrected chi connectivity index (χ1v) is 10.1. The van der Waals surface area contributed by atoms with Crippen molar-refractivity contribution in [1.82, 2.24) is 9.55 Å². The van der Waals surface area contributed by atoms with Crippen LogP contribution in [0.25, 0.3) is 21.3 Å². The summed E-state index contributed by atoms with van der Waals surface area (Å²) in [6, 6.07) is 6.16. The van der Waals surface area contributed by atoms with Crippen molar-refractivity contribution in [3.05, 3.63) is 45.8 Å². The Labute approximate surface area is 157 Å². The normalized spacial score (nSPS) is 17.7. The molecule has 0 aliphatic carbocycles. The maximum absolute atomic E-state index is 13.2. The van der Waals surface area contributed by atoms with Gasteiger partial charge in [-0.25, -0.2) is 9.37 Å². The first kappa shape index (κ1) is 17.7. The lowest BCUT2D eigenvalue weighted by molar-refractivity contribution is -0.130. The van der Waals surface area contributed by atoms with Crippen LogP contribution in [0.15, 0.2) is 39.6 Å². The Hall–Kier alpha value is -1.74. The van der Waals surface area contributed by atoms with Crippen LogP contribution in [0.4, 0.5) is 4.39 Å². The molecule has 1 aliphatic heterocycles. The summed E-state index contributed by atoms with van der Waals surface area (Å²) in [5.74, 6) is 0.430. The maximum atomic E-state index is 13.2. The average molecular weight is 392 g/mol. The SMILES string of the molecule is Cn1c(SC[C@@H]2CCOCO2)nc2scc(-c3ccc(F)cc3)c2c1=O. The third kappa shape index (κ3) is 3.42. The van der Waals surface area contributed by atoms with Crippen LogP contribution in [-0.4, -0.2) is 34.8 Å². The fraction of sp³-hybridized carbons (Fsp3) is 0.333. The number of aromatic nitrogens is 2. The van der Waals surface area contributed by atoms with Crippen molar-refractivity contribution in [1.29, 1.82) is 0 Å². The Morgan fingerprint density at radius 1 is 1.38 bits per heavy atom. The van der Waals surface area contributed by atoms with Gasteiger partial charge in [0.05, 0.1) is 18.1 Å². The standard InChI is InChI=1S/C18H17FN2O3S2/c1-21-17(22)15-14(11-2-4-12(19)5-3-11)9-25-16(15)20-18(21)26-8-13-6-7-23-10-24-13/h2-5,9,13H,6-8,10H2,1H3/t13-/m0/s1. The topological polar surface area (TPSA) is 53.4 Å². The minimum atomic E-state index is -0.298. The van der Waals surface area contributed by atoms with Crippen molar-refractivity contribution in [3.63, 3.8) is 0 Å². The third-order valence-corrected chi connectivity index (χ3v) is 6.33. The molecule has 4 rings (SSSR count). The monoisotopic (exact) mass is 392 g/mol. The van der Waals surface area contributed by atoms with Crippen LogP contribution in [0.2, 0.25) is 0 Å². The molecule has 0 saturated carbocycles. The molecule has 1 fully saturated rings. The third-order valence-electron chi connectivity index (χ3n) is 4.30. The molecule has 0 amide bonds. The zero-order valence-electron chi connectivity index (χ0n) is 14.1. The van der Waals surface area contributed by atoms with Crippen LogP contribution in [0.1, 0.15) is 6.42 Å². The van der Waals surface area contributed by atoms with E-state index in [1.54, 1.807) is 23.7 Å². The van der Waals surface area contributed by atoms with E-state index in [1.807, 2.05) is 5.38 Å². The summed E-state index contributed by atoms with van der Waals surface area (Å²) in [4.78, 5) is 18.3. The Balaban J connectivity index is 1.66. The number of rotatable bonds is 4. The number of halogens is 1. The van der Waals surface area contributed by atoms with Gasteiger partial charge in [-0.3, -0.25) is 9.36 Å². The molecule has 0 bridgehead atoms.